The summed E-state index contributed by atoms with van der Waals surface area (Å²) in [6.07, 6.45) is 6.40. The van der Waals surface area contributed by atoms with Gasteiger partial charge in [0.25, 0.3) is 10.0 Å². The minimum atomic E-state index is -3.83. The molecular weight excluding hydrogens is 460 g/mol. The number of aromatic nitrogens is 2. The highest BCUT2D eigenvalue weighted by Crippen LogP contribution is 2.33. The van der Waals surface area contributed by atoms with Gasteiger partial charge < -0.3 is 9.88 Å². The Labute approximate surface area is 208 Å². The molecule has 0 atom stereocenters. The number of amides is 1. The van der Waals surface area contributed by atoms with Gasteiger partial charge in [0.2, 0.25) is 5.91 Å². The van der Waals surface area contributed by atoms with Crippen LogP contribution in [0, 0.1) is 5.92 Å². The maximum atomic E-state index is 13.4. The predicted molar refractivity (Wildman–Crippen MR) is 141 cm³/mol. The molecule has 0 unspecified atom stereocenters. The molecule has 1 aromatic heterocycles. The third-order valence-corrected chi connectivity index (χ3v) is 8.53. The zero-order chi connectivity index (χ0) is 25.4. The van der Waals surface area contributed by atoms with Crippen molar-refractivity contribution >= 4 is 38.3 Å². The number of anilines is 2. The fraction of sp³-hybridized carbons (Fsp3) is 0.481. The Balaban J connectivity index is 1.70. The molecule has 2 aromatic carbocycles. The van der Waals surface area contributed by atoms with E-state index in [1.165, 1.54) is 55.5 Å². The van der Waals surface area contributed by atoms with E-state index >= 15 is 0 Å². The normalized spacial score (nSPS) is 15.3. The Hall–Kier alpha value is -2.87. The third kappa shape index (κ3) is 5.37. The first-order valence-electron chi connectivity index (χ1n) is 12.3. The van der Waals surface area contributed by atoms with Gasteiger partial charge in [-0.15, -0.1) is 0 Å². The molecule has 1 aliphatic rings. The van der Waals surface area contributed by atoms with Crippen LogP contribution in [0.15, 0.2) is 47.4 Å². The number of rotatable bonds is 6. The number of nitrogens with one attached hydrogen (secondary N) is 1. The van der Waals surface area contributed by atoms with E-state index in [9.17, 15) is 13.2 Å². The molecule has 3 aromatic rings. The quantitative estimate of drug-likeness (QED) is 0.475. The van der Waals surface area contributed by atoms with Crippen LogP contribution in [0.3, 0.4) is 0 Å². The summed E-state index contributed by atoms with van der Waals surface area (Å²) >= 11 is 0. The Kier molecular flexibility index (Phi) is 6.95. The van der Waals surface area contributed by atoms with Gasteiger partial charge in [-0.1, -0.05) is 46.1 Å². The van der Waals surface area contributed by atoms with Gasteiger partial charge in [-0.05, 0) is 55.2 Å². The van der Waals surface area contributed by atoms with E-state index in [1.54, 1.807) is 19.2 Å². The molecule has 35 heavy (non-hydrogen) atoms. The van der Waals surface area contributed by atoms with Gasteiger partial charge in [-0.3, -0.25) is 9.10 Å². The Bertz CT molecular complexity index is 1330. The average Bonchev–Trinajstić information content (AvgIpc) is 3.17. The lowest BCUT2D eigenvalue weighted by molar-refractivity contribution is -0.114. The summed E-state index contributed by atoms with van der Waals surface area (Å²) in [6.45, 7) is 8.86. The summed E-state index contributed by atoms with van der Waals surface area (Å²) in [5.41, 5.74) is 2.71. The molecule has 0 saturated heterocycles. The molecule has 0 spiro atoms. The lowest BCUT2D eigenvalue weighted by Crippen LogP contribution is -2.26. The van der Waals surface area contributed by atoms with Crippen LogP contribution in [0.4, 0.5) is 11.4 Å². The molecule has 1 heterocycles. The van der Waals surface area contributed by atoms with E-state index in [4.69, 9.17) is 4.98 Å². The van der Waals surface area contributed by atoms with E-state index in [2.05, 4.69) is 30.7 Å². The van der Waals surface area contributed by atoms with Crippen molar-refractivity contribution in [3.63, 3.8) is 0 Å². The molecule has 4 rings (SSSR count). The minimum absolute atomic E-state index is 0.115. The monoisotopic (exact) mass is 496 g/mol. The molecule has 1 aliphatic carbocycles. The predicted octanol–water partition coefficient (Wildman–Crippen LogP) is 5.70. The van der Waals surface area contributed by atoms with Crippen LogP contribution < -0.4 is 9.62 Å². The van der Waals surface area contributed by atoms with E-state index in [0.717, 1.165) is 23.4 Å². The van der Waals surface area contributed by atoms with Crippen LogP contribution in [0.25, 0.3) is 11.0 Å². The molecule has 188 valence electrons. The van der Waals surface area contributed by atoms with Gasteiger partial charge in [0.05, 0.1) is 21.6 Å². The zero-order valence-corrected chi connectivity index (χ0v) is 22.2. The first-order chi connectivity index (χ1) is 16.5. The van der Waals surface area contributed by atoms with Crippen molar-refractivity contribution in [2.45, 2.75) is 76.7 Å². The van der Waals surface area contributed by atoms with Crippen molar-refractivity contribution in [2.24, 2.45) is 5.92 Å². The highest BCUT2D eigenvalue weighted by Gasteiger charge is 2.27. The third-order valence-electron chi connectivity index (χ3n) is 6.74. The van der Waals surface area contributed by atoms with Gasteiger partial charge in [0.15, 0.2) is 0 Å². The van der Waals surface area contributed by atoms with Crippen molar-refractivity contribution in [3.05, 3.63) is 48.3 Å². The summed E-state index contributed by atoms with van der Waals surface area (Å²) in [6, 6.07) is 12.0. The standard InChI is InChI=1S/C27H36N4O3S/c1-19(32)28-21-12-9-13-23(16-21)35(33,34)30(5)22-14-15-25-24(17-22)29-26(27(2,3)4)31(25)18-20-10-7-6-8-11-20/h9,12-17,20H,6-8,10-11,18H2,1-5H3,(H,28,32). The number of nitrogens with zero attached hydrogens (tertiary/aromatic N) is 3. The second kappa shape index (κ2) is 9.64. The number of carbonyl (C=O) groups excluding carboxylic acids is 1. The first-order valence-corrected chi connectivity index (χ1v) is 13.8. The van der Waals surface area contributed by atoms with Crippen LogP contribution in [-0.4, -0.2) is 30.9 Å². The van der Waals surface area contributed by atoms with Gasteiger partial charge in [0, 0.05) is 31.6 Å². The molecule has 0 aliphatic heterocycles. The minimum Gasteiger partial charge on any atom is -0.327 e. The fourth-order valence-electron chi connectivity index (χ4n) is 4.93. The number of fused-ring (bicyclic) bond motifs is 1. The summed E-state index contributed by atoms with van der Waals surface area (Å²) in [5.74, 6) is 1.43. The fourth-order valence-corrected chi connectivity index (χ4v) is 6.17. The first kappa shape index (κ1) is 25.2. The van der Waals surface area contributed by atoms with Gasteiger partial charge >= 0.3 is 0 Å². The number of sulfonamides is 1. The second-order valence-electron chi connectivity index (χ2n) is 10.7. The second-order valence-corrected chi connectivity index (χ2v) is 12.6. The Morgan fingerprint density at radius 3 is 2.49 bits per heavy atom. The van der Waals surface area contributed by atoms with Crippen LogP contribution in [0.2, 0.25) is 0 Å². The molecule has 7 nitrogen and oxygen atoms in total. The molecule has 1 N–H and O–H groups in total. The van der Waals surface area contributed by atoms with Gasteiger partial charge in [0.1, 0.15) is 5.82 Å². The lowest BCUT2D eigenvalue weighted by Gasteiger charge is -2.26. The smallest absolute Gasteiger partial charge is 0.264 e. The van der Waals surface area contributed by atoms with E-state index < -0.39 is 10.0 Å². The van der Waals surface area contributed by atoms with Crippen LogP contribution >= 0.6 is 0 Å². The van der Waals surface area contributed by atoms with Crippen LogP contribution in [0.5, 0.6) is 0 Å². The van der Waals surface area contributed by atoms with Crippen molar-refractivity contribution in [1.29, 1.82) is 0 Å². The average molecular weight is 497 g/mol. The maximum absolute atomic E-state index is 13.4. The van der Waals surface area contributed by atoms with Crippen molar-refractivity contribution in [2.75, 3.05) is 16.7 Å². The molecule has 1 saturated carbocycles. The molecule has 8 heteroatoms. The number of imidazole rings is 1. The van der Waals surface area contributed by atoms with Gasteiger partial charge in [-0.2, -0.15) is 0 Å². The maximum Gasteiger partial charge on any atom is 0.264 e. The van der Waals surface area contributed by atoms with E-state index in [0.29, 0.717) is 17.3 Å². The topological polar surface area (TPSA) is 84.3 Å². The van der Waals surface area contributed by atoms with E-state index in [1.807, 2.05) is 18.2 Å². The number of carbonyl (C=O) groups is 1. The Morgan fingerprint density at radius 1 is 1.11 bits per heavy atom. The molecule has 0 radical (unpaired) electrons. The molecule has 1 amide bonds. The summed E-state index contributed by atoms with van der Waals surface area (Å²) in [5, 5.41) is 2.64. The van der Waals surface area contributed by atoms with Crippen LogP contribution in [0.1, 0.15) is 65.6 Å². The van der Waals surface area contributed by atoms with Gasteiger partial charge in [-0.25, -0.2) is 13.4 Å². The molecule has 0 bridgehead atoms. The summed E-state index contributed by atoms with van der Waals surface area (Å²) in [4.78, 5) is 16.5. The highest BCUT2D eigenvalue weighted by molar-refractivity contribution is 7.92. The van der Waals surface area contributed by atoms with E-state index in [-0.39, 0.29) is 16.2 Å². The SMILES string of the molecule is CC(=O)Nc1cccc(S(=O)(=O)N(C)c2ccc3c(c2)nc(C(C)(C)C)n3CC2CCCCC2)c1. The largest absolute Gasteiger partial charge is 0.327 e. The number of hydrogen-bond donors (Lipinski definition) is 1. The Morgan fingerprint density at radius 2 is 1.83 bits per heavy atom. The van der Waals surface area contributed by atoms with Crippen LogP contribution in [-0.2, 0) is 26.8 Å². The zero-order valence-electron chi connectivity index (χ0n) is 21.3. The number of hydrogen-bond acceptors (Lipinski definition) is 4. The number of benzene rings is 2. The molecule has 1 fully saturated rings. The van der Waals surface area contributed by atoms with Crippen molar-refractivity contribution in [1.82, 2.24) is 9.55 Å². The lowest BCUT2D eigenvalue weighted by atomic mass is 9.88. The summed E-state index contributed by atoms with van der Waals surface area (Å²) in [7, 11) is -2.28. The van der Waals surface area contributed by atoms with Crippen molar-refractivity contribution in [3.8, 4) is 0 Å². The molecular formula is C27H36N4O3S. The highest BCUT2D eigenvalue weighted by atomic mass is 32.2. The van der Waals surface area contributed by atoms with Crippen molar-refractivity contribution < 1.29 is 13.2 Å². The summed E-state index contributed by atoms with van der Waals surface area (Å²) < 4.78 is 30.4.